The Morgan fingerprint density at radius 1 is 1.35 bits per heavy atom. The summed E-state index contributed by atoms with van der Waals surface area (Å²) in [6.45, 7) is 1.77. The van der Waals surface area contributed by atoms with E-state index in [1.165, 1.54) is 19.1 Å². The lowest BCUT2D eigenvalue weighted by Gasteiger charge is -2.16. The minimum Gasteiger partial charge on any atom is -0.468 e. The summed E-state index contributed by atoms with van der Waals surface area (Å²) in [4.78, 5) is 24.3. The van der Waals surface area contributed by atoms with Crippen LogP contribution >= 0.6 is 0 Å². The molecule has 0 aliphatic heterocycles. The number of hydrogen-bond acceptors (Lipinski definition) is 4. The lowest BCUT2D eigenvalue weighted by molar-refractivity contribution is -0.141. The van der Waals surface area contributed by atoms with Gasteiger partial charge in [-0.15, -0.1) is 0 Å². The number of rotatable bonds is 3. The molecule has 92 valence electrons. The van der Waals surface area contributed by atoms with Gasteiger partial charge in [0.25, 0.3) is 5.91 Å². The van der Waals surface area contributed by atoms with Gasteiger partial charge in [0.1, 0.15) is 6.54 Å². The van der Waals surface area contributed by atoms with Gasteiger partial charge >= 0.3 is 5.97 Å². The van der Waals surface area contributed by atoms with Crippen molar-refractivity contribution in [3.63, 3.8) is 0 Å². The van der Waals surface area contributed by atoms with Crippen LogP contribution in [0.1, 0.15) is 15.9 Å². The van der Waals surface area contributed by atoms with Crippen molar-refractivity contribution in [2.24, 2.45) is 0 Å². The van der Waals surface area contributed by atoms with E-state index in [0.29, 0.717) is 11.3 Å². The van der Waals surface area contributed by atoms with Gasteiger partial charge in [0.05, 0.1) is 7.11 Å². The number of nitrogens with zero attached hydrogens (tertiary/aromatic N) is 1. The molecule has 0 unspecified atom stereocenters. The van der Waals surface area contributed by atoms with E-state index in [1.807, 2.05) is 6.92 Å². The molecule has 1 rings (SSSR count). The smallest absolute Gasteiger partial charge is 0.325 e. The first-order chi connectivity index (χ1) is 7.93. The second kappa shape index (κ2) is 5.34. The molecule has 5 heteroatoms. The van der Waals surface area contributed by atoms with Crippen molar-refractivity contribution in [2.75, 3.05) is 26.4 Å². The van der Waals surface area contributed by atoms with E-state index in [2.05, 4.69) is 4.74 Å². The standard InChI is InChI=1S/C12H16N2O3/c1-8-4-9(6-10(13)5-8)12(16)14(2)7-11(15)17-3/h4-6H,7,13H2,1-3H3. The molecule has 0 spiro atoms. The predicted molar refractivity (Wildman–Crippen MR) is 64.6 cm³/mol. The molecule has 5 nitrogen and oxygen atoms in total. The van der Waals surface area contributed by atoms with Gasteiger partial charge in [-0.3, -0.25) is 9.59 Å². The van der Waals surface area contributed by atoms with Gasteiger partial charge in [-0.2, -0.15) is 0 Å². The molecule has 0 aromatic heterocycles. The molecular weight excluding hydrogens is 220 g/mol. The molecule has 0 saturated heterocycles. The van der Waals surface area contributed by atoms with Crippen molar-refractivity contribution in [3.05, 3.63) is 29.3 Å². The number of benzene rings is 1. The van der Waals surface area contributed by atoms with Crippen LogP contribution in [-0.4, -0.2) is 37.5 Å². The SMILES string of the molecule is COC(=O)CN(C)C(=O)c1cc(C)cc(N)c1. The minimum atomic E-state index is -0.457. The van der Waals surface area contributed by atoms with E-state index in [4.69, 9.17) is 5.73 Å². The fourth-order valence-electron chi connectivity index (χ4n) is 1.49. The van der Waals surface area contributed by atoms with E-state index >= 15 is 0 Å². The van der Waals surface area contributed by atoms with Gasteiger partial charge < -0.3 is 15.4 Å². The molecule has 1 amide bonds. The highest BCUT2D eigenvalue weighted by Gasteiger charge is 2.15. The molecule has 17 heavy (non-hydrogen) atoms. The summed E-state index contributed by atoms with van der Waals surface area (Å²) in [6, 6.07) is 5.09. The molecule has 0 fully saturated rings. The zero-order chi connectivity index (χ0) is 13.0. The van der Waals surface area contributed by atoms with Crippen LogP contribution in [-0.2, 0) is 9.53 Å². The van der Waals surface area contributed by atoms with Crippen LogP contribution in [0.2, 0.25) is 0 Å². The van der Waals surface area contributed by atoms with Crippen molar-refractivity contribution >= 4 is 17.6 Å². The van der Waals surface area contributed by atoms with Crippen LogP contribution in [0.25, 0.3) is 0 Å². The first-order valence-electron chi connectivity index (χ1n) is 5.13. The van der Waals surface area contributed by atoms with Crippen molar-refractivity contribution in [2.45, 2.75) is 6.92 Å². The van der Waals surface area contributed by atoms with Crippen LogP contribution in [0.3, 0.4) is 0 Å². The molecular formula is C12H16N2O3. The average molecular weight is 236 g/mol. The molecule has 0 heterocycles. The Morgan fingerprint density at radius 2 is 2.00 bits per heavy atom. The Morgan fingerprint density at radius 3 is 2.53 bits per heavy atom. The summed E-state index contributed by atoms with van der Waals surface area (Å²) in [5, 5.41) is 0. The monoisotopic (exact) mass is 236 g/mol. The molecule has 0 aliphatic carbocycles. The van der Waals surface area contributed by atoms with Gasteiger partial charge in [-0.25, -0.2) is 0 Å². The van der Waals surface area contributed by atoms with E-state index < -0.39 is 5.97 Å². The first kappa shape index (κ1) is 13.0. The minimum absolute atomic E-state index is 0.0802. The molecule has 0 aliphatic rings. The summed E-state index contributed by atoms with van der Waals surface area (Å²) in [5.74, 6) is -0.715. The molecule has 0 radical (unpaired) electrons. The van der Waals surface area contributed by atoms with E-state index in [1.54, 1.807) is 18.2 Å². The Balaban J connectivity index is 2.85. The van der Waals surface area contributed by atoms with Gasteiger partial charge in [0.2, 0.25) is 0 Å². The summed E-state index contributed by atoms with van der Waals surface area (Å²) in [6.07, 6.45) is 0. The van der Waals surface area contributed by atoms with Crippen LogP contribution < -0.4 is 5.73 Å². The largest absolute Gasteiger partial charge is 0.468 e. The highest BCUT2D eigenvalue weighted by atomic mass is 16.5. The number of carbonyl (C=O) groups is 2. The number of anilines is 1. The number of hydrogen-bond donors (Lipinski definition) is 1. The molecule has 2 N–H and O–H groups in total. The Hall–Kier alpha value is -2.04. The molecule has 1 aromatic rings. The van der Waals surface area contributed by atoms with Gasteiger partial charge in [-0.05, 0) is 30.7 Å². The topological polar surface area (TPSA) is 72.6 Å². The van der Waals surface area contributed by atoms with Gasteiger partial charge in [0.15, 0.2) is 0 Å². The summed E-state index contributed by atoms with van der Waals surface area (Å²) >= 11 is 0. The van der Waals surface area contributed by atoms with Crippen LogP contribution in [0.4, 0.5) is 5.69 Å². The lowest BCUT2D eigenvalue weighted by atomic mass is 10.1. The maximum absolute atomic E-state index is 12.0. The third kappa shape index (κ3) is 3.48. The maximum Gasteiger partial charge on any atom is 0.325 e. The average Bonchev–Trinajstić information content (AvgIpc) is 2.26. The van der Waals surface area contributed by atoms with Crippen molar-refractivity contribution in [3.8, 4) is 0 Å². The third-order valence-electron chi connectivity index (χ3n) is 2.29. The number of aryl methyl sites for hydroxylation is 1. The number of nitrogens with two attached hydrogens (primary N) is 1. The Kier molecular flexibility index (Phi) is 4.09. The van der Waals surface area contributed by atoms with E-state index in [-0.39, 0.29) is 12.5 Å². The highest BCUT2D eigenvalue weighted by Crippen LogP contribution is 2.12. The van der Waals surface area contributed by atoms with E-state index in [0.717, 1.165) is 5.56 Å². The molecule has 0 saturated carbocycles. The second-order valence-electron chi connectivity index (χ2n) is 3.87. The normalized spacial score (nSPS) is 9.82. The number of ether oxygens (including phenoxy) is 1. The van der Waals surface area contributed by atoms with Crippen LogP contribution in [0.15, 0.2) is 18.2 Å². The summed E-state index contributed by atoms with van der Waals surface area (Å²) in [5.41, 5.74) is 7.56. The molecule has 1 aromatic carbocycles. The molecule has 0 bridgehead atoms. The van der Waals surface area contributed by atoms with Crippen molar-refractivity contribution in [1.82, 2.24) is 4.90 Å². The predicted octanol–water partition coefficient (Wildman–Crippen LogP) is 0.822. The van der Waals surface area contributed by atoms with Crippen molar-refractivity contribution < 1.29 is 14.3 Å². The maximum atomic E-state index is 12.0. The van der Waals surface area contributed by atoms with Crippen LogP contribution in [0.5, 0.6) is 0 Å². The zero-order valence-electron chi connectivity index (χ0n) is 10.2. The number of esters is 1. The number of amides is 1. The summed E-state index contributed by atoms with van der Waals surface area (Å²) < 4.78 is 4.50. The zero-order valence-corrected chi connectivity index (χ0v) is 10.2. The fourth-order valence-corrected chi connectivity index (χ4v) is 1.49. The Bertz CT molecular complexity index is 423. The summed E-state index contributed by atoms with van der Waals surface area (Å²) in [7, 11) is 2.82. The highest BCUT2D eigenvalue weighted by molar-refractivity contribution is 5.96. The second-order valence-corrected chi connectivity index (χ2v) is 3.87. The number of nitrogen functional groups attached to an aromatic ring is 1. The number of carbonyl (C=O) groups excluding carboxylic acids is 2. The lowest BCUT2D eigenvalue weighted by Crippen LogP contribution is -2.32. The van der Waals surface area contributed by atoms with E-state index in [9.17, 15) is 9.59 Å². The van der Waals surface area contributed by atoms with Crippen molar-refractivity contribution in [1.29, 1.82) is 0 Å². The van der Waals surface area contributed by atoms with Gasteiger partial charge in [0, 0.05) is 18.3 Å². The Labute approximate surface area is 100 Å². The molecule has 0 atom stereocenters. The van der Waals surface area contributed by atoms with Crippen LogP contribution in [0, 0.1) is 6.92 Å². The third-order valence-corrected chi connectivity index (χ3v) is 2.29. The van der Waals surface area contributed by atoms with Gasteiger partial charge in [-0.1, -0.05) is 0 Å². The first-order valence-corrected chi connectivity index (χ1v) is 5.13. The number of methoxy groups -OCH3 is 1. The number of likely N-dealkylation sites (N-methyl/N-ethyl adjacent to an activating group) is 1. The quantitative estimate of drug-likeness (QED) is 0.623. The fraction of sp³-hybridized carbons (Fsp3) is 0.333.